The summed E-state index contributed by atoms with van der Waals surface area (Å²) in [4.78, 5) is 27.1. The van der Waals surface area contributed by atoms with Gasteiger partial charge in [0.25, 0.3) is 0 Å². The highest BCUT2D eigenvalue weighted by Gasteiger charge is 2.13. The minimum atomic E-state index is -4.46. The quantitative estimate of drug-likeness (QED) is 0.424. The summed E-state index contributed by atoms with van der Waals surface area (Å²) in [6, 6.07) is 0. The second kappa shape index (κ2) is 5.27. The lowest BCUT2D eigenvalue weighted by Crippen LogP contribution is -2.24. The highest BCUT2D eigenvalue weighted by atomic mass is 31.2. The van der Waals surface area contributed by atoms with E-state index in [1.165, 1.54) is 0 Å². The van der Waals surface area contributed by atoms with Gasteiger partial charge in [0.1, 0.15) is 6.73 Å². The lowest BCUT2D eigenvalue weighted by molar-refractivity contribution is -0.122. The molecular weight excluding hydrogens is 185 g/mol. The molecule has 0 bridgehead atoms. The number of hydrogen-bond acceptors (Lipinski definition) is 3. The summed E-state index contributed by atoms with van der Waals surface area (Å²) in [5.41, 5.74) is 0. The second-order valence-electron chi connectivity index (χ2n) is 2.11. The van der Waals surface area contributed by atoms with Crippen molar-refractivity contribution in [1.82, 2.24) is 5.32 Å². The van der Waals surface area contributed by atoms with Gasteiger partial charge in [0, 0.05) is 6.42 Å². The standard InChI is InChI=1S/C5H12NO5P/c1-2-3-5(7)6-4-11-12(8,9)10/h2-4H2,1H3,(H,6,7)(H2,8,9,10). The van der Waals surface area contributed by atoms with Crippen molar-refractivity contribution in [2.24, 2.45) is 0 Å². The topological polar surface area (TPSA) is 95.9 Å². The van der Waals surface area contributed by atoms with E-state index in [1.807, 2.05) is 6.92 Å². The van der Waals surface area contributed by atoms with Crippen molar-refractivity contribution in [1.29, 1.82) is 0 Å². The van der Waals surface area contributed by atoms with Crippen molar-refractivity contribution < 1.29 is 23.7 Å². The van der Waals surface area contributed by atoms with E-state index in [4.69, 9.17) is 9.79 Å². The molecule has 0 aliphatic heterocycles. The van der Waals surface area contributed by atoms with Gasteiger partial charge in [-0.25, -0.2) is 4.57 Å². The minimum Gasteiger partial charge on any atom is -0.333 e. The van der Waals surface area contributed by atoms with Crippen molar-refractivity contribution in [2.45, 2.75) is 19.8 Å². The van der Waals surface area contributed by atoms with Crippen LogP contribution < -0.4 is 5.32 Å². The molecule has 0 fully saturated rings. The van der Waals surface area contributed by atoms with E-state index in [1.54, 1.807) is 0 Å². The van der Waals surface area contributed by atoms with E-state index in [2.05, 4.69) is 9.84 Å². The number of phosphoric ester groups is 1. The Hall–Kier alpha value is -0.420. The van der Waals surface area contributed by atoms with Crippen LogP contribution in [-0.4, -0.2) is 22.4 Å². The average Bonchev–Trinajstić information content (AvgIpc) is 1.84. The summed E-state index contributed by atoms with van der Waals surface area (Å²) in [5, 5.41) is 2.19. The Labute approximate surface area is 70.2 Å². The van der Waals surface area contributed by atoms with Crippen LogP contribution in [0, 0.1) is 0 Å². The molecule has 0 aromatic rings. The molecule has 0 aromatic carbocycles. The van der Waals surface area contributed by atoms with Crippen LogP contribution in [-0.2, 0) is 13.9 Å². The zero-order valence-electron chi connectivity index (χ0n) is 6.69. The second-order valence-corrected chi connectivity index (χ2v) is 3.35. The van der Waals surface area contributed by atoms with Crippen molar-refractivity contribution in [3.8, 4) is 0 Å². The first-order chi connectivity index (χ1) is 5.45. The smallest absolute Gasteiger partial charge is 0.333 e. The molecule has 0 spiro atoms. The number of amides is 1. The molecule has 12 heavy (non-hydrogen) atoms. The fraction of sp³-hybridized carbons (Fsp3) is 0.800. The van der Waals surface area contributed by atoms with Crippen LogP contribution in [0.3, 0.4) is 0 Å². The molecule has 0 aromatic heterocycles. The third kappa shape index (κ3) is 7.68. The Balaban J connectivity index is 3.44. The molecule has 0 atom stereocenters. The summed E-state index contributed by atoms with van der Waals surface area (Å²) < 4.78 is 14.1. The monoisotopic (exact) mass is 197 g/mol. The third-order valence-electron chi connectivity index (χ3n) is 0.979. The maximum Gasteiger partial charge on any atom is 0.471 e. The predicted octanol–water partition coefficient (Wildman–Crippen LogP) is -0.0305. The highest BCUT2D eigenvalue weighted by Crippen LogP contribution is 2.34. The van der Waals surface area contributed by atoms with Gasteiger partial charge in [-0.05, 0) is 6.42 Å². The Bertz CT molecular complexity index is 188. The number of nitrogens with one attached hydrogen (secondary N) is 1. The zero-order chi connectivity index (χ0) is 9.61. The lowest BCUT2D eigenvalue weighted by atomic mass is 10.3. The first kappa shape index (κ1) is 11.6. The third-order valence-corrected chi connectivity index (χ3v) is 1.44. The first-order valence-electron chi connectivity index (χ1n) is 3.42. The molecule has 0 rings (SSSR count). The van der Waals surface area contributed by atoms with Gasteiger partial charge in [0.05, 0.1) is 0 Å². The van der Waals surface area contributed by atoms with E-state index < -0.39 is 14.6 Å². The van der Waals surface area contributed by atoms with Gasteiger partial charge in [-0.1, -0.05) is 6.92 Å². The van der Waals surface area contributed by atoms with E-state index in [0.29, 0.717) is 12.8 Å². The van der Waals surface area contributed by atoms with Crippen molar-refractivity contribution >= 4 is 13.7 Å². The van der Waals surface area contributed by atoms with Crippen LogP contribution in [0.2, 0.25) is 0 Å². The summed E-state index contributed by atoms with van der Waals surface area (Å²) in [6.45, 7) is 1.37. The molecule has 0 aliphatic carbocycles. The molecule has 6 nitrogen and oxygen atoms in total. The predicted molar refractivity (Wildman–Crippen MR) is 41.0 cm³/mol. The fourth-order valence-electron chi connectivity index (χ4n) is 0.512. The average molecular weight is 197 g/mol. The molecule has 0 saturated carbocycles. The molecule has 0 heterocycles. The van der Waals surface area contributed by atoms with Crippen LogP contribution in [0.15, 0.2) is 0 Å². The largest absolute Gasteiger partial charge is 0.471 e. The van der Waals surface area contributed by atoms with Crippen LogP contribution in [0.5, 0.6) is 0 Å². The summed E-state index contributed by atoms with van der Waals surface area (Å²) in [7, 11) is -4.46. The SMILES string of the molecule is CCCC(=O)NCOP(=O)(O)O. The normalized spacial score (nSPS) is 11.2. The molecule has 1 amide bonds. The number of carbonyl (C=O) groups excluding carboxylic acids is 1. The Morgan fingerprint density at radius 3 is 2.58 bits per heavy atom. The van der Waals surface area contributed by atoms with Crippen LogP contribution in [0.4, 0.5) is 0 Å². The van der Waals surface area contributed by atoms with Gasteiger partial charge in [0.15, 0.2) is 0 Å². The molecule has 7 heteroatoms. The molecule has 0 radical (unpaired) electrons. The number of rotatable bonds is 5. The maximum atomic E-state index is 10.7. The minimum absolute atomic E-state index is 0.286. The Kier molecular flexibility index (Phi) is 5.08. The fourth-order valence-corrected chi connectivity index (χ4v) is 0.745. The number of phosphoric acid groups is 1. The highest BCUT2D eigenvalue weighted by molar-refractivity contribution is 7.46. The summed E-state index contributed by atoms with van der Waals surface area (Å²) >= 11 is 0. The molecule has 0 unspecified atom stereocenters. The van der Waals surface area contributed by atoms with Gasteiger partial charge < -0.3 is 15.1 Å². The number of hydrogen-bond donors (Lipinski definition) is 3. The van der Waals surface area contributed by atoms with Gasteiger partial charge in [-0.3, -0.25) is 9.32 Å². The molecule has 3 N–H and O–H groups in total. The van der Waals surface area contributed by atoms with Crippen LogP contribution in [0.25, 0.3) is 0 Å². The first-order valence-corrected chi connectivity index (χ1v) is 4.95. The van der Waals surface area contributed by atoms with Crippen LogP contribution in [0.1, 0.15) is 19.8 Å². The molecule has 0 saturated heterocycles. The Morgan fingerprint density at radius 1 is 1.58 bits per heavy atom. The lowest BCUT2D eigenvalue weighted by Gasteiger charge is -2.05. The number of carbonyl (C=O) groups is 1. The molecular formula is C5H12NO5P. The molecule has 0 aliphatic rings. The maximum absolute atomic E-state index is 10.7. The summed E-state index contributed by atoms with van der Waals surface area (Å²) in [6.07, 6.45) is 1.01. The van der Waals surface area contributed by atoms with E-state index >= 15 is 0 Å². The van der Waals surface area contributed by atoms with Gasteiger partial charge in [0.2, 0.25) is 5.91 Å². The van der Waals surface area contributed by atoms with Gasteiger partial charge in [-0.2, -0.15) is 0 Å². The summed E-state index contributed by atoms with van der Waals surface area (Å²) in [5.74, 6) is -0.286. The van der Waals surface area contributed by atoms with Gasteiger partial charge >= 0.3 is 7.82 Å². The van der Waals surface area contributed by atoms with E-state index in [9.17, 15) is 9.36 Å². The Morgan fingerprint density at radius 2 is 2.17 bits per heavy atom. The van der Waals surface area contributed by atoms with Crippen molar-refractivity contribution in [3.63, 3.8) is 0 Å². The van der Waals surface area contributed by atoms with Gasteiger partial charge in [-0.15, -0.1) is 0 Å². The van der Waals surface area contributed by atoms with Crippen molar-refractivity contribution in [3.05, 3.63) is 0 Å². The van der Waals surface area contributed by atoms with E-state index in [0.717, 1.165) is 0 Å². The van der Waals surface area contributed by atoms with Crippen LogP contribution >= 0.6 is 7.82 Å². The molecule has 72 valence electrons. The van der Waals surface area contributed by atoms with E-state index in [-0.39, 0.29) is 5.91 Å². The van der Waals surface area contributed by atoms with Crippen molar-refractivity contribution in [2.75, 3.05) is 6.73 Å². The zero-order valence-corrected chi connectivity index (χ0v) is 7.58.